The van der Waals surface area contributed by atoms with Gasteiger partial charge in [-0.25, -0.2) is 4.79 Å². The fourth-order valence-corrected chi connectivity index (χ4v) is 2.70. The number of rotatable bonds is 6. The van der Waals surface area contributed by atoms with Gasteiger partial charge in [0.25, 0.3) is 0 Å². The number of nitrogens with one attached hydrogen (secondary N) is 1. The van der Waals surface area contributed by atoms with Crippen LogP contribution in [0.1, 0.15) is 20.3 Å². The minimum absolute atomic E-state index is 0.0974. The number of aliphatic carboxylic acids is 1. The van der Waals surface area contributed by atoms with Crippen molar-refractivity contribution in [3.05, 3.63) is 34.9 Å². The second kappa shape index (κ2) is 6.96. The molecular weight excluding hydrogens is 348 g/mol. The summed E-state index contributed by atoms with van der Waals surface area (Å²) in [5.74, 6) is -1.41. The fraction of sp³-hybridized carbons (Fsp3) is 0.375. The monoisotopic (exact) mass is 366 g/mol. The average molecular weight is 367 g/mol. The highest BCUT2D eigenvalue weighted by atomic mass is 79.9. The van der Waals surface area contributed by atoms with Crippen molar-refractivity contribution < 1.29 is 14.7 Å². The van der Waals surface area contributed by atoms with E-state index in [0.717, 1.165) is 15.4 Å². The first-order valence-electron chi connectivity index (χ1n) is 7.19. The van der Waals surface area contributed by atoms with E-state index in [1.54, 1.807) is 0 Å². The first-order chi connectivity index (χ1) is 10.4. The molecule has 1 heterocycles. The Morgan fingerprint density at radius 1 is 1.36 bits per heavy atom. The summed E-state index contributed by atoms with van der Waals surface area (Å²) in [6.45, 7) is 3.82. The van der Waals surface area contributed by atoms with Gasteiger partial charge in [0.2, 0.25) is 5.91 Å². The zero-order chi connectivity index (χ0) is 16.3. The topological polar surface area (TPSA) is 71.3 Å². The summed E-state index contributed by atoms with van der Waals surface area (Å²) >= 11 is 3.41. The molecular formula is C16H19BrN2O3. The largest absolute Gasteiger partial charge is 0.480 e. The maximum Gasteiger partial charge on any atom is 0.326 e. The van der Waals surface area contributed by atoms with Crippen LogP contribution in [0, 0.1) is 5.92 Å². The number of hydrogen-bond donors (Lipinski definition) is 2. The van der Waals surface area contributed by atoms with E-state index in [1.165, 1.54) is 0 Å². The Balaban J connectivity index is 2.13. The smallest absolute Gasteiger partial charge is 0.326 e. The summed E-state index contributed by atoms with van der Waals surface area (Å²) in [4.78, 5) is 23.4. The third-order valence-electron chi connectivity index (χ3n) is 3.85. The fourth-order valence-electron chi connectivity index (χ4n) is 2.35. The third-order valence-corrected chi connectivity index (χ3v) is 4.34. The molecule has 0 saturated heterocycles. The molecule has 118 valence electrons. The normalized spacial score (nSPS) is 13.8. The minimum atomic E-state index is -0.997. The van der Waals surface area contributed by atoms with Crippen LogP contribution >= 0.6 is 15.9 Å². The molecule has 2 atom stereocenters. The number of carboxylic acids is 1. The number of amides is 1. The van der Waals surface area contributed by atoms with E-state index in [9.17, 15) is 14.7 Å². The summed E-state index contributed by atoms with van der Waals surface area (Å²) in [6.07, 6.45) is 2.52. The summed E-state index contributed by atoms with van der Waals surface area (Å²) in [5, 5.41) is 12.9. The van der Waals surface area contributed by atoms with Crippen LogP contribution in [0.5, 0.6) is 0 Å². The lowest BCUT2D eigenvalue weighted by molar-refractivity contribution is -0.143. The molecule has 2 rings (SSSR count). The molecule has 0 aliphatic carbocycles. The molecule has 1 aromatic carbocycles. The Morgan fingerprint density at radius 2 is 2.09 bits per heavy atom. The molecule has 22 heavy (non-hydrogen) atoms. The lowest BCUT2D eigenvalue weighted by Crippen LogP contribution is -2.46. The van der Waals surface area contributed by atoms with Crippen molar-refractivity contribution in [1.82, 2.24) is 9.88 Å². The highest BCUT2D eigenvalue weighted by molar-refractivity contribution is 9.10. The molecule has 0 saturated carbocycles. The lowest BCUT2D eigenvalue weighted by Gasteiger charge is -2.20. The molecule has 0 aliphatic heterocycles. The molecule has 0 unspecified atom stereocenters. The summed E-state index contributed by atoms with van der Waals surface area (Å²) in [7, 11) is 0. The maximum atomic E-state index is 12.2. The van der Waals surface area contributed by atoms with Crippen LogP contribution in [0.15, 0.2) is 34.9 Å². The van der Waals surface area contributed by atoms with Gasteiger partial charge < -0.3 is 15.0 Å². The van der Waals surface area contributed by atoms with E-state index in [2.05, 4.69) is 21.2 Å². The van der Waals surface area contributed by atoms with Crippen molar-refractivity contribution in [2.45, 2.75) is 32.9 Å². The molecule has 0 aliphatic rings. The van der Waals surface area contributed by atoms with Gasteiger partial charge in [-0.2, -0.15) is 0 Å². The van der Waals surface area contributed by atoms with Crippen molar-refractivity contribution in [1.29, 1.82) is 0 Å². The SMILES string of the molecule is CC[C@H](C)[C@@H](NC(=O)Cn1ccc2ccc(Br)cc21)C(=O)O. The predicted molar refractivity (Wildman–Crippen MR) is 88.7 cm³/mol. The summed E-state index contributed by atoms with van der Waals surface area (Å²) in [5.41, 5.74) is 0.930. The predicted octanol–water partition coefficient (Wildman–Crippen LogP) is 3.02. The molecule has 0 fully saturated rings. The molecule has 0 radical (unpaired) electrons. The van der Waals surface area contributed by atoms with Crippen LogP contribution in [0.25, 0.3) is 10.9 Å². The summed E-state index contributed by atoms with van der Waals surface area (Å²) < 4.78 is 2.74. The van der Waals surface area contributed by atoms with E-state index in [4.69, 9.17) is 0 Å². The number of halogens is 1. The van der Waals surface area contributed by atoms with Gasteiger partial charge in [-0.05, 0) is 29.5 Å². The van der Waals surface area contributed by atoms with Crippen LogP contribution < -0.4 is 5.32 Å². The van der Waals surface area contributed by atoms with Crippen molar-refractivity contribution in [2.24, 2.45) is 5.92 Å². The Morgan fingerprint density at radius 3 is 2.73 bits per heavy atom. The van der Waals surface area contributed by atoms with Gasteiger partial charge in [-0.15, -0.1) is 0 Å². The van der Waals surface area contributed by atoms with E-state index in [-0.39, 0.29) is 18.4 Å². The van der Waals surface area contributed by atoms with Crippen LogP contribution in [0.2, 0.25) is 0 Å². The number of carbonyl (C=O) groups is 2. The molecule has 5 nitrogen and oxygen atoms in total. The highest BCUT2D eigenvalue weighted by Crippen LogP contribution is 2.20. The number of carboxylic acid groups (broad SMARTS) is 1. The molecule has 1 amide bonds. The molecule has 2 N–H and O–H groups in total. The first-order valence-corrected chi connectivity index (χ1v) is 7.98. The standard InChI is InChI=1S/C16H19BrN2O3/c1-3-10(2)15(16(21)22)18-14(20)9-19-7-6-11-4-5-12(17)8-13(11)19/h4-8,10,15H,3,9H2,1-2H3,(H,18,20)(H,21,22)/t10-,15+/m0/s1. The quantitative estimate of drug-likeness (QED) is 0.825. The van der Waals surface area contributed by atoms with Gasteiger partial charge in [0.1, 0.15) is 12.6 Å². The van der Waals surface area contributed by atoms with E-state index < -0.39 is 12.0 Å². The van der Waals surface area contributed by atoms with Crippen LogP contribution in [-0.4, -0.2) is 27.6 Å². The van der Waals surface area contributed by atoms with E-state index >= 15 is 0 Å². The summed E-state index contributed by atoms with van der Waals surface area (Å²) in [6, 6.07) is 6.92. The average Bonchev–Trinajstić information content (AvgIpc) is 2.86. The van der Waals surface area contributed by atoms with Gasteiger partial charge in [-0.3, -0.25) is 4.79 Å². The van der Waals surface area contributed by atoms with Gasteiger partial charge in [0.05, 0.1) is 0 Å². The van der Waals surface area contributed by atoms with Crippen LogP contribution in [-0.2, 0) is 16.1 Å². The highest BCUT2D eigenvalue weighted by Gasteiger charge is 2.25. The zero-order valence-corrected chi connectivity index (χ0v) is 14.1. The third kappa shape index (κ3) is 3.68. The Hall–Kier alpha value is -1.82. The zero-order valence-electron chi connectivity index (χ0n) is 12.5. The van der Waals surface area contributed by atoms with Gasteiger partial charge >= 0.3 is 5.97 Å². The molecule has 0 spiro atoms. The van der Waals surface area contributed by atoms with Crippen LogP contribution in [0.4, 0.5) is 0 Å². The van der Waals surface area contributed by atoms with Crippen molar-refractivity contribution in [3.8, 4) is 0 Å². The maximum absolute atomic E-state index is 12.2. The minimum Gasteiger partial charge on any atom is -0.480 e. The van der Waals surface area contributed by atoms with Gasteiger partial charge in [0, 0.05) is 16.2 Å². The molecule has 2 aromatic rings. The van der Waals surface area contributed by atoms with Crippen molar-refractivity contribution in [2.75, 3.05) is 0 Å². The number of hydrogen-bond acceptors (Lipinski definition) is 2. The van der Waals surface area contributed by atoms with Crippen molar-refractivity contribution >= 4 is 38.7 Å². The second-order valence-electron chi connectivity index (χ2n) is 5.42. The number of nitrogens with zero attached hydrogens (tertiary/aromatic N) is 1. The molecule has 1 aromatic heterocycles. The van der Waals surface area contributed by atoms with Crippen molar-refractivity contribution in [3.63, 3.8) is 0 Å². The Kier molecular flexibility index (Phi) is 5.24. The number of fused-ring (bicyclic) bond motifs is 1. The number of carbonyl (C=O) groups excluding carboxylic acids is 1. The van der Waals surface area contributed by atoms with E-state index in [1.807, 2.05) is 48.9 Å². The van der Waals surface area contributed by atoms with E-state index in [0.29, 0.717) is 6.42 Å². The Bertz CT molecular complexity index is 696. The first kappa shape index (κ1) is 16.5. The number of aromatic nitrogens is 1. The lowest BCUT2D eigenvalue weighted by atomic mass is 9.99. The molecule has 6 heteroatoms. The second-order valence-corrected chi connectivity index (χ2v) is 6.33. The van der Waals surface area contributed by atoms with Crippen LogP contribution in [0.3, 0.4) is 0 Å². The Labute approximate surface area is 137 Å². The van der Waals surface area contributed by atoms with Gasteiger partial charge in [0.15, 0.2) is 0 Å². The van der Waals surface area contributed by atoms with Gasteiger partial charge in [-0.1, -0.05) is 42.3 Å². The number of benzene rings is 1. The molecule has 0 bridgehead atoms.